The maximum absolute atomic E-state index is 11.0. The average molecular weight is 253 g/mol. The zero-order chi connectivity index (χ0) is 13.1. The van der Waals surface area contributed by atoms with Crippen LogP contribution in [0.2, 0.25) is 0 Å². The molecule has 2 rings (SSSR count). The maximum Gasteiger partial charge on any atom is 0.318 e. The lowest BCUT2D eigenvalue weighted by Gasteiger charge is -2.22. The minimum absolute atomic E-state index is 0.0715. The standard InChI is InChI=1S/C11H19N5O2/c1-7(2)16(6-9(12)17)11-15-14-10(18-11)5-13-8-3-4-8/h7-8,13H,3-6H2,1-2H3,(H2,12,17). The number of nitrogens with one attached hydrogen (secondary N) is 1. The molecule has 0 saturated heterocycles. The number of amides is 1. The van der Waals surface area contributed by atoms with Gasteiger partial charge in [-0.3, -0.25) is 4.79 Å². The Morgan fingerprint density at radius 2 is 2.28 bits per heavy atom. The third-order valence-electron chi connectivity index (χ3n) is 2.77. The van der Waals surface area contributed by atoms with Crippen molar-refractivity contribution in [2.75, 3.05) is 11.4 Å². The SMILES string of the molecule is CC(C)N(CC(N)=O)c1nnc(CNC2CC2)o1. The van der Waals surface area contributed by atoms with Crippen molar-refractivity contribution in [2.45, 2.75) is 45.3 Å². The van der Waals surface area contributed by atoms with Crippen LogP contribution in [0.5, 0.6) is 0 Å². The monoisotopic (exact) mass is 253 g/mol. The normalized spacial score (nSPS) is 15.1. The summed E-state index contributed by atoms with van der Waals surface area (Å²) in [6, 6.07) is 1.01. The van der Waals surface area contributed by atoms with Crippen molar-refractivity contribution in [2.24, 2.45) is 5.73 Å². The predicted octanol–water partition coefficient (Wildman–Crippen LogP) is 0.0217. The maximum atomic E-state index is 11.0. The van der Waals surface area contributed by atoms with Gasteiger partial charge in [-0.25, -0.2) is 0 Å². The number of hydrogen-bond donors (Lipinski definition) is 2. The molecule has 1 aromatic heterocycles. The van der Waals surface area contributed by atoms with Crippen LogP contribution >= 0.6 is 0 Å². The van der Waals surface area contributed by atoms with Crippen molar-refractivity contribution < 1.29 is 9.21 Å². The number of carbonyl (C=O) groups is 1. The molecular weight excluding hydrogens is 234 g/mol. The van der Waals surface area contributed by atoms with Crippen LogP contribution in [0.4, 0.5) is 6.01 Å². The Balaban J connectivity index is 1.98. The molecule has 0 atom stereocenters. The molecule has 0 aliphatic heterocycles. The lowest BCUT2D eigenvalue weighted by atomic mass is 10.3. The average Bonchev–Trinajstić information content (AvgIpc) is 3.01. The molecule has 0 aromatic carbocycles. The first-order valence-corrected chi connectivity index (χ1v) is 6.17. The number of nitrogens with two attached hydrogens (primary N) is 1. The van der Waals surface area contributed by atoms with E-state index >= 15 is 0 Å². The van der Waals surface area contributed by atoms with Crippen LogP contribution in [0.25, 0.3) is 0 Å². The highest BCUT2D eigenvalue weighted by Crippen LogP contribution is 2.20. The Bertz CT molecular complexity index is 413. The van der Waals surface area contributed by atoms with Crippen LogP contribution in [0.1, 0.15) is 32.6 Å². The molecule has 1 amide bonds. The van der Waals surface area contributed by atoms with Gasteiger partial charge in [0.2, 0.25) is 11.8 Å². The first-order chi connectivity index (χ1) is 8.56. The smallest absolute Gasteiger partial charge is 0.318 e. The van der Waals surface area contributed by atoms with Crippen LogP contribution in [-0.2, 0) is 11.3 Å². The summed E-state index contributed by atoms with van der Waals surface area (Å²) in [6.45, 7) is 4.53. The van der Waals surface area contributed by atoms with Crippen LogP contribution in [0.15, 0.2) is 4.42 Å². The summed E-state index contributed by atoms with van der Waals surface area (Å²) >= 11 is 0. The van der Waals surface area contributed by atoms with Gasteiger partial charge in [0, 0.05) is 12.1 Å². The summed E-state index contributed by atoms with van der Waals surface area (Å²) in [5.41, 5.74) is 5.20. The molecule has 7 heteroatoms. The number of nitrogens with zero attached hydrogens (tertiary/aromatic N) is 3. The van der Waals surface area contributed by atoms with Crippen LogP contribution in [0.3, 0.4) is 0 Å². The van der Waals surface area contributed by atoms with E-state index in [1.165, 1.54) is 12.8 Å². The number of rotatable bonds is 7. The van der Waals surface area contributed by atoms with Gasteiger partial charge in [0.25, 0.3) is 0 Å². The van der Waals surface area contributed by atoms with E-state index in [0.29, 0.717) is 24.5 Å². The Labute approximate surface area is 106 Å². The number of primary amides is 1. The van der Waals surface area contributed by atoms with Gasteiger partial charge in [0.05, 0.1) is 6.54 Å². The zero-order valence-electron chi connectivity index (χ0n) is 10.7. The zero-order valence-corrected chi connectivity index (χ0v) is 10.7. The second-order valence-corrected chi connectivity index (χ2v) is 4.82. The molecule has 0 spiro atoms. The van der Waals surface area contributed by atoms with E-state index in [2.05, 4.69) is 15.5 Å². The van der Waals surface area contributed by atoms with E-state index in [1.54, 1.807) is 4.90 Å². The summed E-state index contributed by atoms with van der Waals surface area (Å²) in [5.74, 6) is 0.117. The molecule has 1 aliphatic rings. The highest BCUT2D eigenvalue weighted by atomic mass is 16.4. The van der Waals surface area contributed by atoms with Gasteiger partial charge in [-0.15, -0.1) is 5.10 Å². The van der Waals surface area contributed by atoms with Crippen molar-refractivity contribution in [3.63, 3.8) is 0 Å². The molecule has 0 bridgehead atoms. The van der Waals surface area contributed by atoms with Crippen molar-refractivity contribution in [1.82, 2.24) is 15.5 Å². The molecule has 1 heterocycles. The summed E-state index contributed by atoms with van der Waals surface area (Å²) in [5, 5.41) is 11.2. The molecule has 100 valence electrons. The van der Waals surface area contributed by atoms with E-state index in [0.717, 1.165) is 0 Å². The Morgan fingerprint density at radius 1 is 1.56 bits per heavy atom. The molecule has 18 heavy (non-hydrogen) atoms. The third-order valence-corrected chi connectivity index (χ3v) is 2.77. The summed E-state index contributed by atoms with van der Waals surface area (Å²) < 4.78 is 5.52. The van der Waals surface area contributed by atoms with Gasteiger partial charge in [-0.05, 0) is 26.7 Å². The first kappa shape index (κ1) is 12.8. The van der Waals surface area contributed by atoms with E-state index in [1.807, 2.05) is 13.8 Å². The van der Waals surface area contributed by atoms with Gasteiger partial charge < -0.3 is 20.4 Å². The molecule has 1 saturated carbocycles. The van der Waals surface area contributed by atoms with Crippen molar-refractivity contribution in [3.8, 4) is 0 Å². The van der Waals surface area contributed by atoms with Gasteiger partial charge in [-0.2, -0.15) is 0 Å². The molecule has 3 N–H and O–H groups in total. The van der Waals surface area contributed by atoms with Gasteiger partial charge in [-0.1, -0.05) is 5.10 Å². The number of anilines is 1. The number of aromatic nitrogens is 2. The van der Waals surface area contributed by atoms with E-state index in [4.69, 9.17) is 10.2 Å². The highest BCUT2D eigenvalue weighted by molar-refractivity contribution is 5.78. The summed E-state index contributed by atoms with van der Waals surface area (Å²) in [7, 11) is 0. The number of carbonyl (C=O) groups excluding carboxylic acids is 1. The topological polar surface area (TPSA) is 97.3 Å². The fourth-order valence-electron chi connectivity index (χ4n) is 1.59. The quantitative estimate of drug-likeness (QED) is 0.711. The lowest BCUT2D eigenvalue weighted by Crippen LogP contribution is -2.38. The van der Waals surface area contributed by atoms with Gasteiger partial charge >= 0.3 is 6.01 Å². The van der Waals surface area contributed by atoms with Crippen molar-refractivity contribution in [3.05, 3.63) is 5.89 Å². The predicted molar refractivity (Wildman–Crippen MR) is 65.8 cm³/mol. The summed E-state index contributed by atoms with van der Waals surface area (Å²) in [4.78, 5) is 12.7. The molecule has 1 aliphatic carbocycles. The van der Waals surface area contributed by atoms with Crippen LogP contribution in [0, 0.1) is 0 Å². The van der Waals surface area contributed by atoms with Crippen molar-refractivity contribution in [1.29, 1.82) is 0 Å². The molecule has 0 unspecified atom stereocenters. The molecular formula is C11H19N5O2. The molecule has 1 aromatic rings. The van der Waals surface area contributed by atoms with E-state index in [-0.39, 0.29) is 12.6 Å². The van der Waals surface area contributed by atoms with Gasteiger partial charge in [0.15, 0.2) is 0 Å². The van der Waals surface area contributed by atoms with Crippen LogP contribution < -0.4 is 16.0 Å². The molecule has 7 nitrogen and oxygen atoms in total. The third kappa shape index (κ3) is 3.43. The minimum atomic E-state index is -0.417. The fourth-order valence-corrected chi connectivity index (χ4v) is 1.59. The molecule has 0 radical (unpaired) electrons. The largest absolute Gasteiger partial charge is 0.407 e. The Morgan fingerprint density at radius 3 is 2.83 bits per heavy atom. The summed E-state index contributed by atoms with van der Waals surface area (Å²) in [6.07, 6.45) is 2.42. The second kappa shape index (κ2) is 5.34. The van der Waals surface area contributed by atoms with E-state index in [9.17, 15) is 4.79 Å². The minimum Gasteiger partial charge on any atom is -0.407 e. The van der Waals surface area contributed by atoms with Crippen LogP contribution in [-0.4, -0.2) is 34.7 Å². The van der Waals surface area contributed by atoms with Crippen molar-refractivity contribution >= 4 is 11.9 Å². The molecule has 1 fully saturated rings. The Hall–Kier alpha value is -1.63. The lowest BCUT2D eigenvalue weighted by molar-refractivity contribution is -0.116. The number of hydrogen-bond acceptors (Lipinski definition) is 6. The highest BCUT2D eigenvalue weighted by Gasteiger charge is 2.22. The Kier molecular flexibility index (Phi) is 3.81. The first-order valence-electron chi connectivity index (χ1n) is 6.17. The second-order valence-electron chi connectivity index (χ2n) is 4.82. The van der Waals surface area contributed by atoms with Gasteiger partial charge in [0.1, 0.15) is 6.54 Å². The van der Waals surface area contributed by atoms with E-state index < -0.39 is 5.91 Å². The fraction of sp³-hybridized carbons (Fsp3) is 0.727.